The van der Waals surface area contributed by atoms with Gasteiger partial charge in [-0.2, -0.15) is 0 Å². The number of benzene rings is 2. The number of nitrogens with one attached hydrogen (secondary N) is 1. The third kappa shape index (κ3) is 4.95. The number of nitrogens with zero attached hydrogens (tertiary/aromatic N) is 2. The highest BCUT2D eigenvalue weighted by molar-refractivity contribution is 5.95. The van der Waals surface area contributed by atoms with E-state index in [9.17, 15) is 9.18 Å². The molecule has 1 heterocycles. The highest BCUT2D eigenvalue weighted by Crippen LogP contribution is 2.21. The van der Waals surface area contributed by atoms with Crippen molar-refractivity contribution >= 4 is 22.5 Å². The van der Waals surface area contributed by atoms with Crippen LogP contribution >= 0.6 is 0 Å². The van der Waals surface area contributed by atoms with E-state index < -0.39 is 0 Å². The van der Waals surface area contributed by atoms with E-state index >= 15 is 0 Å². The second-order valence-corrected chi connectivity index (χ2v) is 6.66. The van der Waals surface area contributed by atoms with Crippen LogP contribution in [0.15, 0.2) is 54.7 Å². The van der Waals surface area contributed by atoms with Crippen molar-refractivity contribution in [1.82, 2.24) is 9.47 Å². The van der Waals surface area contributed by atoms with E-state index in [1.54, 1.807) is 12.1 Å². The quantitative estimate of drug-likeness (QED) is 0.644. The lowest BCUT2D eigenvalue weighted by atomic mass is 10.1. The van der Waals surface area contributed by atoms with Crippen LogP contribution in [0.3, 0.4) is 0 Å². The van der Waals surface area contributed by atoms with Crippen LogP contribution in [-0.4, -0.2) is 35.0 Å². The second kappa shape index (κ2) is 8.82. The minimum absolute atomic E-state index is 0.152. The summed E-state index contributed by atoms with van der Waals surface area (Å²) in [5.41, 5.74) is 2.58. The average Bonchev–Trinajstić information content (AvgIpc) is 3.05. The first-order valence-electron chi connectivity index (χ1n) is 9.44. The fourth-order valence-corrected chi connectivity index (χ4v) is 3.30. The molecule has 0 aliphatic rings. The van der Waals surface area contributed by atoms with Gasteiger partial charge in [-0.25, -0.2) is 4.39 Å². The molecule has 2 aromatic carbocycles. The molecule has 1 aromatic heterocycles. The maximum atomic E-state index is 13.2. The lowest BCUT2D eigenvalue weighted by Gasteiger charge is -2.18. The molecule has 0 saturated carbocycles. The van der Waals surface area contributed by atoms with Gasteiger partial charge in [0.05, 0.1) is 6.42 Å². The molecule has 142 valence electrons. The summed E-state index contributed by atoms with van der Waals surface area (Å²) >= 11 is 0. The molecule has 27 heavy (non-hydrogen) atoms. The van der Waals surface area contributed by atoms with E-state index in [1.165, 1.54) is 12.1 Å². The molecule has 3 rings (SSSR count). The SMILES string of the molecule is CCN(CC)CCn1ccc2cc(NC(=O)Cc3cccc(F)c3)ccc21. The molecular weight excluding hydrogens is 341 g/mol. The monoisotopic (exact) mass is 367 g/mol. The van der Waals surface area contributed by atoms with Gasteiger partial charge in [0.2, 0.25) is 5.91 Å². The van der Waals surface area contributed by atoms with E-state index in [-0.39, 0.29) is 18.1 Å². The highest BCUT2D eigenvalue weighted by atomic mass is 19.1. The van der Waals surface area contributed by atoms with Crippen molar-refractivity contribution in [3.05, 3.63) is 66.1 Å². The minimum atomic E-state index is -0.326. The Kier molecular flexibility index (Phi) is 6.24. The lowest BCUT2D eigenvalue weighted by molar-refractivity contribution is -0.115. The van der Waals surface area contributed by atoms with Gasteiger partial charge in [0.15, 0.2) is 0 Å². The molecule has 0 bridgehead atoms. The zero-order valence-electron chi connectivity index (χ0n) is 15.9. The molecule has 0 radical (unpaired) electrons. The number of hydrogen-bond acceptors (Lipinski definition) is 2. The first kappa shape index (κ1) is 19.1. The number of aromatic nitrogens is 1. The minimum Gasteiger partial charge on any atom is -0.346 e. The van der Waals surface area contributed by atoms with Crippen LogP contribution in [-0.2, 0) is 17.8 Å². The summed E-state index contributed by atoms with van der Waals surface area (Å²) < 4.78 is 15.5. The number of amides is 1. The van der Waals surface area contributed by atoms with Gasteiger partial charge >= 0.3 is 0 Å². The Balaban J connectivity index is 1.65. The fraction of sp³-hybridized carbons (Fsp3) is 0.318. The molecule has 0 saturated heterocycles. The van der Waals surface area contributed by atoms with E-state index in [2.05, 4.69) is 40.9 Å². The van der Waals surface area contributed by atoms with Crippen molar-refractivity contribution in [2.75, 3.05) is 25.0 Å². The van der Waals surface area contributed by atoms with E-state index in [4.69, 9.17) is 0 Å². The van der Waals surface area contributed by atoms with E-state index in [0.29, 0.717) is 5.56 Å². The van der Waals surface area contributed by atoms with Crippen molar-refractivity contribution in [2.45, 2.75) is 26.8 Å². The maximum absolute atomic E-state index is 13.2. The number of halogens is 1. The molecule has 4 nitrogen and oxygen atoms in total. The summed E-state index contributed by atoms with van der Waals surface area (Å²) in [4.78, 5) is 14.6. The van der Waals surface area contributed by atoms with Crippen LogP contribution in [0.1, 0.15) is 19.4 Å². The summed E-state index contributed by atoms with van der Waals surface area (Å²) in [5.74, 6) is -0.478. The summed E-state index contributed by atoms with van der Waals surface area (Å²) in [6.07, 6.45) is 2.24. The fourth-order valence-electron chi connectivity index (χ4n) is 3.30. The smallest absolute Gasteiger partial charge is 0.228 e. The van der Waals surface area contributed by atoms with Crippen LogP contribution < -0.4 is 5.32 Å². The Morgan fingerprint density at radius 2 is 1.93 bits per heavy atom. The van der Waals surface area contributed by atoms with Crippen molar-refractivity contribution in [1.29, 1.82) is 0 Å². The van der Waals surface area contributed by atoms with Gasteiger partial charge in [0.25, 0.3) is 0 Å². The molecule has 0 unspecified atom stereocenters. The number of anilines is 1. The Bertz CT molecular complexity index is 915. The number of fused-ring (bicyclic) bond motifs is 1. The third-order valence-electron chi connectivity index (χ3n) is 4.86. The Hall–Kier alpha value is -2.66. The molecule has 3 aromatic rings. The number of rotatable bonds is 8. The Morgan fingerprint density at radius 1 is 1.11 bits per heavy atom. The predicted octanol–water partition coefficient (Wildman–Crippen LogP) is 4.30. The second-order valence-electron chi connectivity index (χ2n) is 6.66. The zero-order chi connectivity index (χ0) is 19.2. The first-order valence-corrected chi connectivity index (χ1v) is 9.44. The summed E-state index contributed by atoms with van der Waals surface area (Å²) in [5, 5.41) is 4.00. The molecule has 5 heteroatoms. The maximum Gasteiger partial charge on any atom is 0.228 e. The summed E-state index contributed by atoms with van der Waals surface area (Å²) in [6, 6.07) is 14.1. The summed E-state index contributed by atoms with van der Waals surface area (Å²) in [7, 11) is 0. The number of carbonyl (C=O) groups is 1. The van der Waals surface area contributed by atoms with Crippen LogP contribution in [0.2, 0.25) is 0 Å². The van der Waals surface area contributed by atoms with Crippen molar-refractivity contribution in [3.63, 3.8) is 0 Å². The molecule has 0 aliphatic carbocycles. The standard InChI is InChI=1S/C22H26FN3O/c1-3-25(4-2)12-13-26-11-10-18-16-20(8-9-21(18)26)24-22(27)15-17-6-5-7-19(23)14-17/h5-11,14,16H,3-4,12-13,15H2,1-2H3,(H,24,27). The molecule has 0 atom stereocenters. The average molecular weight is 367 g/mol. The Labute approximate surface area is 159 Å². The van der Waals surface area contributed by atoms with Crippen molar-refractivity contribution in [3.8, 4) is 0 Å². The number of likely N-dealkylation sites (N-methyl/N-ethyl adjacent to an activating group) is 1. The van der Waals surface area contributed by atoms with E-state index in [0.717, 1.165) is 42.8 Å². The molecule has 0 aliphatic heterocycles. The van der Waals surface area contributed by atoms with Gasteiger partial charge in [-0.05, 0) is 55.1 Å². The normalized spacial score (nSPS) is 11.3. The zero-order valence-corrected chi connectivity index (χ0v) is 15.9. The molecular formula is C22H26FN3O. The molecule has 1 amide bonds. The van der Waals surface area contributed by atoms with Crippen LogP contribution in [0.5, 0.6) is 0 Å². The highest BCUT2D eigenvalue weighted by Gasteiger charge is 2.08. The predicted molar refractivity (Wildman–Crippen MR) is 108 cm³/mol. The van der Waals surface area contributed by atoms with Gasteiger partial charge in [-0.1, -0.05) is 26.0 Å². The largest absolute Gasteiger partial charge is 0.346 e. The molecule has 0 spiro atoms. The number of hydrogen-bond donors (Lipinski definition) is 1. The van der Waals surface area contributed by atoms with Crippen LogP contribution in [0, 0.1) is 5.82 Å². The topological polar surface area (TPSA) is 37.3 Å². The van der Waals surface area contributed by atoms with Gasteiger partial charge < -0.3 is 14.8 Å². The number of carbonyl (C=O) groups excluding carboxylic acids is 1. The molecule has 0 fully saturated rings. The molecule has 1 N–H and O–H groups in total. The van der Waals surface area contributed by atoms with Gasteiger partial charge in [-0.3, -0.25) is 4.79 Å². The Morgan fingerprint density at radius 3 is 2.67 bits per heavy atom. The first-order chi connectivity index (χ1) is 13.1. The van der Waals surface area contributed by atoms with E-state index in [1.807, 2.05) is 18.2 Å². The van der Waals surface area contributed by atoms with Gasteiger partial charge in [0, 0.05) is 35.9 Å². The third-order valence-corrected chi connectivity index (χ3v) is 4.86. The van der Waals surface area contributed by atoms with Crippen molar-refractivity contribution < 1.29 is 9.18 Å². The van der Waals surface area contributed by atoms with Crippen LogP contribution in [0.4, 0.5) is 10.1 Å². The van der Waals surface area contributed by atoms with Crippen LogP contribution in [0.25, 0.3) is 10.9 Å². The lowest BCUT2D eigenvalue weighted by Crippen LogP contribution is -2.26. The summed E-state index contributed by atoms with van der Waals surface area (Å²) in [6.45, 7) is 8.42. The van der Waals surface area contributed by atoms with Crippen molar-refractivity contribution in [2.24, 2.45) is 0 Å². The van der Waals surface area contributed by atoms with Gasteiger partial charge in [-0.15, -0.1) is 0 Å². The van der Waals surface area contributed by atoms with Gasteiger partial charge in [0.1, 0.15) is 5.82 Å².